The van der Waals surface area contributed by atoms with Crippen LogP contribution in [0.1, 0.15) is 22.8 Å². The fraction of sp³-hybridized carbons (Fsp3) is 0.0952. The van der Waals surface area contributed by atoms with Crippen LogP contribution in [0.3, 0.4) is 0 Å². The molecule has 124 valence electrons. The third-order valence-electron chi connectivity index (χ3n) is 4.20. The lowest BCUT2D eigenvalue weighted by molar-refractivity contribution is 1.01. The van der Waals surface area contributed by atoms with Crippen LogP contribution in [0.25, 0.3) is 0 Å². The molecule has 1 aliphatic rings. The van der Waals surface area contributed by atoms with Crippen molar-refractivity contribution in [2.24, 2.45) is 4.99 Å². The molecule has 1 aliphatic heterocycles. The summed E-state index contributed by atoms with van der Waals surface area (Å²) in [6.07, 6.45) is 0.810. The van der Waals surface area contributed by atoms with Crippen molar-refractivity contribution >= 4 is 46.4 Å². The number of hydrogen-bond donors (Lipinski definition) is 0. The maximum Gasteiger partial charge on any atom is 0.0769 e. The van der Waals surface area contributed by atoms with E-state index < -0.39 is 0 Å². The Balaban J connectivity index is 1.82. The number of para-hydroxylation sites is 1. The van der Waals surface area contributed by atoms with Gasteiger partial charge in [-0.05, 0) is 41.5 Å². The second-order valence-electron chi connectivity index (χ2n) is 5.87. The van der Waals surface area contributed by atoms with E-state index in [-0.39, 0.29) is 5.25 Å². The second kappa shape index (κ2) is 7.25. The molecule has 0 aliphatic carbocycles. The van der Waals surface area contributed by atoms with E-state index in [1.54, 1.807) is 0 Å². The molecule has 1 atom stereocenters. The zero-order chi connectivity index (χ0) is 17.2. The number of fused-ring (bicyclic) bond motifs is 1. The molecule has 0 bridgehead atoms. The van der Waals surface area contributed by atoms with E-state index in [4.69, 9.17) is 28.2 Å². The first-order valence-corrected chi connectivity index (χ1v) is 9.68. The Hall–Kier alpha value is -1.74. The Morgan fingerprint density at radius 3 is 2.36 bits per heavy atom. The molecule has 4 heteroatoms. The Morgan fingerprint density at radius 2 is 1.56 bits per heavy atom. The minimum Gasteiger partial charge on any atom is -0.252 e. The molecule has 0 N–H and O–H groups in total. The van der Waals surface area contributed by atoms with E-state index >= 15 is 0 Å². The van der Waals surface area contributed by atoms with Gasteiger partial charge in [-0.2, -0.15) is 0 Å². The van der Waals surface area contributed by atoms with Gasteiger partial charge in [-0.15, -0.1) is 11.8 Å². The van der Waals surface area contributed by atoms with Gasteiger partial charge in [0, 0.05) is 32.3 Å². The lowest BCUT2D eigenvalue weighted by atomic mass is 10.0. The highest BCUT2D eigenvalue weighted by molar-refractivity contribution is 7.99. The summed E-state index contributed by atoms with van der Waals surface area (Å²) in [6, 6.07) is 24.2. The summed E-state index contributed by atoms with van der Waals surface area (Å²) in [6.45, 7) is 0. The average Bonchev–Trinajstić information content (AvgIpc) is 2.82. The minimum absolute atomic E-state index is 0.215. The molecule has 0 saturated carbocycles. The van der Waals surface area contributed by atoms with E-state index in [2.05, 4.69) is 24.3 Å². The number of hydrogen-bond acceptors (Lipinski definition) is 2. The summed E-state index contributed by atoms with van der Waals surface area (Å²) in [5.74, 6) is 0. The largest absolute Gasteiger partial charge is 0.252 e. The van der Waals surface area contributed by atoms with Crippen molar-refractivity contribution < 1.29 is 0 Å². The van der Waals surface area contributed by atoms with Crippen LogP contribution < -0.4 is 0 Å². The number of benzene rings is 3. The summed E-state index contributed by atoms with van der Waals surface area (Å²) in [7, 11) is 0. The number of nitrogens with zero attached hydrogens (tertiary/aromatic N) is 1. The van der Waals surface area contributed by atoms with Crippen LogP contribution in [-0.2, 0) is 0 Å². The lowest BCUT2D eigenvalue weighted by Gasteiger charge is -2.17. The predicted molar refractivity (Wildman–Crippen MR) is 109 cm³/mol. The van der Waals surface area contributed by atoms with Gasteiger partial charge >= 0.3 is 0 Å². The molecule has 0 aromatic heterocycles. The molecule has 3 aromatic carbocycles. The smallest absolute Gasteiger partial charge is 0.0769 e. The van der Waals surface area contributed by atoms with Crippen molar-refractivity contribution in [2.45, 2.75) is 16.6 Å². The van der Waals surface area contributed by atoms with Crippen LogP contribution >= 0.6 is 35.0 Å². The highest BCUT2D eigenvalue weighted by atomic mass is 35.5. The van der Waals surface area contributed by atoms with E-state index in [1.165, 1.54) is 4.90 Å². The SMILES string of the molecule is Clc1ccc(C2=Nc3ccccc3S[C@@H](c3ccccc3Cl)C2)cc1. The van der Waals surface area contributed by atoms with Gasteiger partial charge in [-0.3, -0.25) is 4.99 Å². The molecule has 0 unspecified atom stereocenters. The highest BCUT2D eigenvalue weighted by Crippen LogP contribution is 2.47. The van der Waals surface area contributed by atoms with Gasteiger partial charge in [0.05, 0.1) is 5.69 Å². The van der Waals surface area contributed by atoms with Gasteiger partial charge in [0.1, 0.15) is 0 Å². The van der Waals surface area contributed by atoms with Crippen molar-refractivity contribution in [3.8, 4) is 0 Å². The molecule has 0 spiro atoms. The highest BCUT2D eigenvalue weighted by Gasteiger charge is 2.23. The summed E-state index contributed by atoms with van der Waals surface area (Å²) < 4.78 is 0. The normalized spacial score (nSPS) is 16.7. The van der Waals surface area contributed by atoms with Gasteiger partial charge in [-0.1, -0.05) is 65.7 Å². The Labute approximate surface area is 161 Å². The minimum atomic E-state index is 0.215. The Morgan fingerprint density at radius 1 is 0.840 bits per heavy atom. The van der Waals surface area contributed by atoms with Crippen LogP contribution in [0.4, 0.5) is 5.69 Å². The van der Waals surface area contributed by atoms with Crippen molar-refractivity contribution in [3.63, 3.8) is 0 Å². The summed E-state index contributed by atoms with van der Waals surface area (Å²) in [5, 5.41) is 1.75. The van der Waals surface area contributed by atoms with E-state index in [9.17, 15) is 0 Å². The Kier molecular flexibility index (Phi) is 4.85. The Bertz CT molecular complexity index is 935. The van der Waals surface area contributed by atoms with Gasteiger partial charge in [0.2, 0.25) is 0 Å². The molecular weight excluding hydrogens is 369 g/mol. The monoisotopic (exact) mass is 383 g/mol. The molecule has 25 heavy (non-hydrogen) atoms. The fourth-order valence-corrected chi connectivity index (χ4v) is 4.68. The van der Waals surface area contributed by atoms with Crippen molar-refractivity contribution in [1.82, 2.24) is 0 Å². The molecule has 0 saturated heterocycles. The number of aliphatic imine (C=N–C) groups is 1. The molecule has 4 rings (SSSR count). The van der Waals surface area contributed by atoms with E-state index in [0.29, 0.717) is 0 Å². The van der Waals surface area contributed by atoms with Crippen LogP contribution in [0.5, 0.6) is 0 Å². The number of thioether (sulfide) groups is 1. The van der Waals surface area contributed by atoms with Crippen LogP contribution in [0.15, 0.2) is 82.7 Å². The van der Waals surface area contributed by atoms with Gasteiger partial charge in [-0.25, -0.2) is 0 Å². The molecular formula is C21H15Cl2NS. The molecule has 1 nitrogen and oxygen atoms in total. The molecule has 3 aromatic rings. The van der Waals surface area contributed by atoms with E-state index in [1.807, 2.05) is 60.3 Å². The third kappa shape index (κ3) is 3.62. The second-order valence-corrected chi connectivity index (χ2v) is 7.95. The third-order valence-corrected chi connectivity index (χ3v) is 6.10. The van der Waals surface area contributed by atoms with Crippen molar-refractivity contribution in [3.05, 3.63) is 94.0 Å². The first-order valence-electron chi connectivity index (χ1n) is 8.04. The standard InChI is InChI=1S/C21H15Cl2NS/c22-15-11-9-14(10-12-15)19-13-21(16-5-1-2-6-17(16)23)25-20-8-4-3-7-18(20)24-19/h1-12,21H,13H2/t21-/m1/s1. The van der Waals surface area contributed by atoms with Gasteiger partial charge < -0.3 is 0 Å². The van der Waals surface area contributed by atoms with Crippen molar-refractivity contribution in [1.29, 1.82) is 0 Å². The summed E-state index contributed by atoms with van der Waals surface area (Å²) in [5.41, 5.74) is 4.30. The summed E-state index contributed by atoms with van der Waals surface area (Å²) >= 11 is 14.4. The topological polar surface area (TPSA) is 12.4 Å². The molecule has 0 fully saturated rings. The molecule has 0 radical (unpaired) electrons. The zero-order valence-corrected chi connectivity index (χ0v) is 15.7. The first kappa shape index (κ1) is 16.7. The van der Waals surface area contributed by atoms with Gasteiger partial charge in [0.15, 0.2) is 0 Å². The first-order chi connectivity index (χ1) is 12.2. The summed E-state index contributed by atoms with van der Waals surface area (Å²) in [4.78, 5) is 6.13. The van der Waals surface area contributed by atoms with Gasteiger partial charge in [0.25, 0.3) is 0 Å². The lowest BCUT2D eigenvalue weighted by Crippen LogP contribution is -2.05. The van der Waals surface area contributed by atoms with Crippen LogP contribution in [0, 0.1) is 0 Å². The fourth-order valence-electron chi connectivity index (χ4n) is 2.95. The maximum atomic E-state index is 6.48. The molecule has 0 amide bonds. The number of halogens is 2. The average molecular weight is 384 g/mol. The maximum absolute atomic E-state index is 6.48. The van der Waals surface area contributed by atoms with Crippen LogP contribution in [-0.4, -0.2) is 5.71 Å². The van der Waals surface area contributed by atoms with Crippen LogP contribution in [0.2, 0.25) is 10.0 Å². The van der Waals surface area contributed by atoms with E-state index in [0.717, 1.165) is 39.0 Å². The zero-order valence-electron chi connectivity index (χ0n) is 13.3. The number of rotatable bonds is 2. The quantitative estimate of drug-likeness (QED) is 0.450. The molecule has 1 heterocycles. The predicted octanol–water partition coefficient (Wildman–Crippen LogP) is 7.35. The van der Waals surface area contributed by atoms with Crippen molar-refractivity contribution in [2.75, 3.05) is 0 Å².